The number of benzene rings is 3. The van der Waals surface area contributed by atoms with E-state index in [2.05, 4.69) is 0 Å². The van der Waals surface area contributed by atoms with Crippen LogP contribution in [0.5, 0.6) is 17.2 Å². The molecule has 2 bridgehead atoms. The number of para-hydroxylation sites is 2. The highest BCUT2D eigenvalue weighted by Gasteiger charge is 2.51. The van der Waals surface area contributed by atoms with Crippen molar-refractivity contribution < 1.29 is 18.6 Å². The normalized spacial score (nSPS) is 21.2. The summed E-state index contributed by atoms with van der Waals surface area (Å²) in [5.74, 6) is 0.757. The van der Waals surface area contributed by atoms with E-state index in [1.54, 1.807) is 13.2 Å². The van der Waals surface area contributed by atoms with E-state index in [1.807, 2.05) is 66.7 Å². The van der Waals surface area contributed by atoms with Gasteiger partial charge in [0.2, 0.25) is 0 Å². The molecular formula is C25H18O5. The maximum absolute atomic E-state index is 13.0. The van der Waals surface area contributed by atoms with Gasteiger partial charge >= 0.3 is 5.63 Å². The lowest BCUT2D eigenvalue weighted by molar-refractivity contribution is -0.148. The first kappa shape index (κ1) is 17.2. The third-order valence-electron chi connectivity index (χ3n) is 5.99. The van der Waals surface area contributed by atoms with Gasteiger partial charge in [-0.05, 0) is 42.5 Å². The Morgan fingerprint density at radius 2 is 1.70 bits per heavy atom. The Bertz CT molecular complexity index is 1340. The maximum atomic E-state index is 13.0. The van der Waals surface area contributed by atoms with Gasteiger partial charge in [-0.1, -0.05) is 30.3 Å². The minimum absolute atomic E-state index is 0.193. The molecule has 2 unspecified atom stereocenters. The van der Waals surface area contributed by atoms with Crippen molar-refractivity contribution in [2.24, 2.45) is 0 Å². The maximum Gasteiger partial charge on any atom is 0.343 e. The van der Waals surface area contributed by atoms with Crippen molar-refractivity contribution in [1.82, 2.24) is 0 Å². The first-order chi connectivity index (χ1) is 14.7. The smallest absolute Gasteiger partial charge is 0.343 e. The topological polar surface area (TPSA) is 57.9 Å². The Balaban J connectivity index is 1.65. The highest BCUT2D eigenvalue weighted by molar-refractivity contribution is 5.85. The van der Waals surface area contributed by atoms with Crippen LogP contribution in [-0.4, -0.2) is 7.11 Å². The number of methoxy groups -OCH3 is 1. The Hall–Kier alpha value is -3.73. The van der Waals surface area contributed by atoms with Gasteiger partial charge in [0.25, 0.3) is 5.79 Å². The van der Waals surface area contributed by atoms with Crippen LogP contribution in [0.4, 0.5) is 0 Å². The molecule has 0 aliphatic carbocycles. The van der Waals surface area contributed by atoms with Crippen molar-refractivity contribution >= 4 is 11.0 Å². The van der Waals surface area contributed by atoms with Gasteiger partial charge in [-0.25, -0.2) is 4.79 Å². The lowest BCUT2D eigenvalue weighted by Crippen LogP contribution is -2.48. The summed E-state index contributed by atoms with van der Waals surface area (Å²) in [6.45, 7) is 0. The number of rotatable bonds is 2. The number of hydrogen-bond acceptors (Lipinski definition) is 5. The lowest BCUT2D eigenvalue weighted by atomic mass is 9.78. The van der Waals surface area contributed by atoms with Crippen LogP contribution in [0.15, 0.2) is 82.0 Å². The van der Waals surface area contributed by atoms with E-state index < -0.39 is 5.79 Å². The summed E-state index contributed by atoms with van der Waals surface area (Å²) in [4.78, 5) is 13.0. The van der Waals surface area contributed by atoms with Gasteiger partial charge in [-0.2, -0.15) is 0 Å². The van der Waals surface area contributed by atoms with Crippen molar-refractivity contribution in [3.63, 3.8) is 0 Å². The molecule has 0 spiro atoms. The van der Waals surface area contributed by atoms with E-state index in [9.17, 15) is 4.79 Å². The summed E-state index contributed by atoms with van der Waals surface area (Å²) in [6, 6.07) is 22.9. The third kappa shape index (κ3) is 2.32. The molecule has 30 heavy (non-hydrogen) atoms. The SMILES string of the molecule is COc1ccc(C23CC(c4ccccc4O2)c2c(c4ccccc4oc2=O)O3)cc1. The molecule has 2 atom stereocenters. The fourth-order valence-electron chi connectivity index (χ4n) is 4.57. The minimum atomic E-state index is -1.05. The average molecular weight is 398 g/mol. The molecule has 0 saturated heterocycles. The van der Waals surface area contributed by atoms with E-state index in [1.165, 1.54) is 0 Å². The molecule has 0 N–H and O–H groups in total. The summed E-state index contributed by atoms with van der Waals surface area (Å²) >= 11 is 0. The van der Waals surface area contributed by atoms with Crippen molar-refractivity contribution in [2.75, 3.05) is 7.11 Å². The number of fused-ring (bicyclic) bond motifs is 8. The van der Waals surface area contributed by atoms with Crippen LogP contribution in [0.25, 0.3) is 11.0 Å². The van der Waals surface area contributed by atoms with E-state index in [0.717, 1.165) is 22.3 Å². The Labute approximate surface area is 172 Å². The molecule has 2 aliphatic rings. The zero-order valence-electron chi connectivity index (χ0n) is 16.3. The van der Waals surface area contributed by atoms with Gasteiger partial charge in [-0.15, -0.1) is 0 Å². The van der Waals surface area contributed by atoms with Crippen LogP contribution in [0.2, 0.25) is 0 Å². The van der Waals surface area contributed by atoms with Gasteiger partial charge in [-0.3, -0.25) is 0 Å². The Morgan fingerprint density at radius 3 is 2.53 bits per heavy atom. The second-order valence-electron chi connectivity index (χ2n) is 7.61. The number of hydrogen-bond donors (Lipinski definition) is 0. The predicted molar refractivity (Wildman–Crippen MR) is 111 cm³/mol. The number of ether oxygens (including phenoxy) is 3. The standard InChI is InChI=1S/C25H18O5/c1-27-16-12-10-15(11-13-16)25-14-19(17-6-2-5-9-21(17)29-25)22-23(30-25)18-7-3-4-8-20(18)28-24(22)26/h2-13,19H,14H2,1H3. The van der Waals surface area contributed by atoms with Crippen molar-refractivity contribution in [1.29, 1.82) is 0 Å². The molecule has 3 heterocycles. The molecule has 0 radical (unpaired) electrons. The van der Waals surface area contributed by atoms with Crippen molar-refractivity contribution in [3.05, 3.63) is 99.9 Å². The fraction of sp³-hybridized carbons (Fsp3) is 0.160. The van der Waals surface area contributed by atoms with Gasteiger partial charge in [0, 0.05) is 23.5 Å². The molecule has 5 heteroatoms. The molecule has 2 aliphatic heterocycles. The Morgan fingerprint density at radius 1 is 0.933 bits per heavy atom. The zero-order chi connectivity index (χ0) is 20.3. The summed E-state index contributed by atoms with van der Waals surface area (Å²) in [7, 11) is 1.63. The van der Waals surface area contributed by atoms with E-state index >= 15 is 0 Å². The van der Waals surface area contributed by atoms with Crippen LogP contribution in [0.3, 0.4) is 0 Å². The van der Waals surface area contributed by atoms with Gasteiger partial charge in [0.05, 0.1) is 18.1 Å². The van der Waals surface area contributed by atoms with Crippen LogP contribution in [-0.2, 0) is 5.79 Å². The largest absolute Gasteiger partial charge is 0.497 e. The van der Waals surface area contributed by atoms with Crippen molar-refractivity contribution in [2.45, 2.75) is 18.1 Å². The van der Waals surface area contributed by atoms with Gasteiger partial charge in [0.1, 0.15) is 22.8 Å². The monoisotopic (exact) mass is 398 g/mol. The van der Waals surface area contributed by atoms with Crippen LogP contribution in [0, 0.1) is 0 Å². The van der Waals surface area contributed by atoms with Crippen LogP contribution >= 0.6 is 0 Å². The summed E-state index contributed by atoms with van der Waals surface area (Å²) < 4.78 is 24.0. The molecule has 0 amide bonds. The molecule has 3 aromatic carbocycles. The Kier molecular flexibility index (Phi) is 3.51. The molecule has 4 aromatic rings. The fourth-order valence-corrected chi connectivity index (χ4v) is 4.57. The molecule has 148 valence electrons. The highest BCUT2D eigenvalue weighted by Crippen LogP contribution is 2.55. The molecule has 0 fully saturated rings. The second-order valence-corrected chi connectivity index (χ2v) is 7.61. The van der Waals surface area contributed by atoms with Crippen LogP contribution in [0.1, 0.15) is 29.0 Å². The first-order valence-corrected chi connectivity index (χ1v) is 9.86. The molecule has 6 rings (SSSR count). The first-order valence-electron chi connectivity index (χ1n) is 9.86. The average Bonchev–Trinajstić information content (AvgIpc) is 2.79. The molecule has 0 saturated carbocycles. The van der Waals surface area contributed by atoms with Crippen LogP contribution < -0.4 is 19.8 Å². The molecular weight excluding hydrogens is 380 g/mol. The van der Waals surface area contributed by atoms with E-state index in [0.29, 0.717) is 29.1 Å². The quantitative estimate of drug-likeness (QED) is 0.447. The predicted octanol–water partition coefficient (Wildman–Crippen LogP) is 4.96. The van der Waals surface area contributed by atoms with E-state index in [-0.39, 0.29) is 11.5 Å². The minimum Gasteiger partial charge on any atom is -0.497 e. The summed E-state index contributed by atoms with van der Waals surface area (Å²) in [5, 5.41) is 0.762. The second kappa shape index (κ2) is 6.13. The van der Waals surface area contributed by atoms with Gasteiger partial charge in [0.15, 0.2) is 0 Å². The van der Waals surface area contributed by atoms with Crippen molar-refractivity contribution in [3.8, 4) is 17.2 Å². The zero-order valence-corrected chi connectivity index (χ0v) is 16.3. The van der Waals surface area contributed by atoms with E-state index in [4.69, 9.17) is 18.6 Å². The lowest BCUT2D eigenvalue weighted by Gasteiger charge is -2.46. The highest BCUT2D eigenvalue weighted by atomic mass is 16.7. The summed E-state index contributed by atoms with van der Waals surface area (Å²) in [5.41, 5.74) is 2.52. The third-order valence-corrected chi connectivity index (χ3v) is 5.99. The molecule has 5 nitrogen and oxygen atoms in total. The molecule has 1 aromatic heterocycles. The summed E-state index contributed by atoms with van der Waals surface area (Å²) in [6.07, 6.45) is 0.479. The van der Waals surface area contributed by atoms with Gasteiger partial charge < -0.3 is 18.6 Å².